The van der Waals surface area contributed by atoms with Crippen LogP contribution < -0.4 is 0 Å². The monoisotopic (exact) mass is 308 g/mol. The Balaban J connectivity index is 1.93. The van der Waals surface area contributed by atoms with Crippen LogP contribution in [0.15, 0.2) is 48.7 Å². The number of ether oxygens (including phenoxy) is 1. The van der Waals surface area contributed by atoms with Crippen molar-refractivity contribution < 1.29 is 9.53 Å². The predicted molar refractivity (Wildman–Crippen MR) is 89.6 cm³/mol. The Morgan fingerprint density at radius 2 is 1.96 bits per heavy atom. The molecule has 2 heterocycles. The number of rotatable bonds is 4. The largest absolute Gasteiger partial charge is 0.453 e. The number of nitrogens with zero attached hydrogens (tertiary/aromatic N) is 2. The summed E-state index contributed by atoms with van der Waals surface area (Å²) in [6.45, 7) is 5.85. The molecule has 0 N–H and O–H groups in total. The molecule has 0 aliphatic carbocycles. The Hall–Kier alpha value is -2.62. The highest BCUT2D eigenvalue weighted by Crippen LogP contribution is 2.23. The predicted octanol–water partition coefficient (Wildman–Crippen LogP) is 4.26. The molecule has 3 aromatic rings. The number of aryl methyl sites for hydroxylation is 2. The maximum atomic E-state index is 12.7. The van der Waals surface area contributed by atoms with Crippen LogP contribution in [0.3, 0.4) is 0 Å². The van der Waals surface area contributed by atoms with E-state index in [0.29, 0.717) is 11.4 Å². The van der Waals surface area contributed by atoms with Crippen LogP contribution in [0, 0.1) is 13.8 Å². The molecule has 2 aromatic heterocycles. The van der Waals surface area contributed by atoms with Gasteiger partial charge in [0.25, 0.3) is 0 Å². The fourth-order valence-electron chi connectivity index (χ4n) is 2.75. The third-order valence-corrected chi connectivity index (χ3v) is 3.94. The fourth-order valence-corrected chi connectivity index (χ4v) is 2.75. The second-order valence-electron chi connectivity index (χ2n) is 5.69. The van der Waals surface area contributed by atoms with Gasteiger partial charge in [0.2, 0.25) is 0 Å². The Bertz CT molecular complexity index is 837. The van der Waals surface area contributed by atoms with E-state index in [2.05, 4.69) is 4.98 Å². The van der Waals surface area contributed by atoms with Crippen molar-refractivity contribution in [1.29, 1.82) is 0 Å². The van der Waals surface area contributed by atoms with E-state index in [1.54, 1.807) is 4.40 Å². The van der Waals surface area contributed by atoms with Gasteiger partial charge in [-0.3, -0.25) is 4.40 Å². The molecule has 0 aliphatic heterocycles. The van der Waals surface area contributed by atoms with Gasteiger partial charge in [0.1, 0.15) is 11.8 Å². The smallest absolute Gasteiger partial charge is 0.357 e. The first-order valence-electron chi connectivity index (χ1n) is 7.81. The summed E-state index contributed by atoms with van der Waals surface area (Å²) >= 11 is 0. The first kappa shape index (κ1) is 15.3. The molecule has 118 valence electrons. The number of benzene rings is 1. The van der Waals surface area contributed by atoms with Crippen molar-refractivity contribution in [3.05, 3.63) is 71.2 Å². The highest BCUT2D eigenvalue weighted by Gasteiger charge is 2.22. The van der Waals surface area contributed by atoms with Gasteiger partial charge < -0.3 is 4.74 Å². The van der Waals surface area contributed by atoms with E-state index in [1.165, 1.54) is 0 Å². The zero-order valence-corrected chi connectivity index (χ0v) is 13.6. The number of esters is 1. The lowest BCUT2D eigenvalue weighted by Gasteiger charge is -2.16. The molecule has 0 radical (unpaired) electrons. The van der Waals surface area contributed by atoms with Gasteiger partial charge in [-0.05, 0) is 43.5 Å². The first-order chi connectivity index (χ1) is 11.1. The van der Waals surface area contributed by atoms with Gasteiger partial charge in [0, 0.05) is 6.20 Å². The third kappa shape index (κ3) is 2.97. The maximum absolute atomic E-state index is 12.7. The van der Waals surface area contributed by atoms with Gasteiger partial charge in [-0.2, -0.15) is 0 Å². The minimum Gasteiger partial charge on any atom is -0.453 e. The number of fused-ring (bicyclic) bond motifs is 1. The molecule has 0 saturated carbocycles. The fraction of sp³-hybridized carbons (Fsp3) is 0.263. The van der Waals surface area contributed by atoms with Gasteiger partial charge in [-0.1, -0.05) is 37.3 Å². The average Bonchev–Trinajstić information content (AvgIpc) is 2.88. The molecule has 0 fully saturated rings. The number of carbonyl (C=O) groups is 1. The van der Waals surface area contributed by atoms with Gasteiger partial charge >= 0.3 is 5.97 Å². The lowest BCUT2D eigenvalue weighted by atomic mass is 10.1. The van der Waals surface area contributed by atoms with E-state index in [9.17, 15) is 4.79 Å². The van der Waals surface area contributed by atoms with E-state index < -0.39 is 0 Å². The van der Waals surface area contributed by atoms with E-state index in [-0.39, 0.29) is 12.1 Å². The van der Waals surface area contributed by atoms with Crippen molar-refractivity contribution >= 4 is 11.6 Å². The van der Waals surface area contributed by atoms with Gasteiger partial charge in [0.15, 0.2) is 5.69 Å². The number of hydrogen-bond donors (Lipinski definition) is 0. The Morgan fingerprint density at radius 3 is 2.65 bits per heavy atom. The Labute approximate surface area is 135 Å². The van der Waals surface area contributed by atoms with Crippen molar-refractivity contribution in [1.82, 2.24) is 9.38 Å². The van der Waals surface area contributed by atoms with Crippen molar-refractivity contribution in [2.24, 2.45) is 0 Å². The van der Waals surface area contributed by atoms with E-state index >= 15 is 0 Å². The summed E-state index contributed by atoms with van der Waals surface area (Å²) in [6, 6.07) is 13.7. The summed E-state index contributed by atoms with van der Waals surface area (Å²) < 4.78 is 7.54. The number of aromatic nitrogens is 2. The SMILES string of the molecule is CCC(OC(=O)c1c(C)nc2cc(C)ccn12)c1ccccc1. The lowest BCUT2D eigenvalue weighted by molar-refractivity contribution is 0.0278. The van der Waals surface area contributed by atoms with E-state index in [0.717, 1.165) is 23.2 Å². The Morgan fingerprint density at radius 1 is 1.22 bits per heavy atom. The summed E-state index contributed by atoms with van der Waals surface area (Å²) in [5.41, 5.74) is 4.06. The van der Waals surface area contributed by atoms with E-state index in [4.69, 9.17) is 4.74 Å². The molecule has 3 rings (SSSR count). The maximum Gasteiger partial charge on any atom is 0.357 e. The minimum atomic E-state index is -0.338. The molecule has 23 heavy (non-hydrogen) atoms. The molecule has 1 atom stereocenters. The second-order valence-corrected chi connectivity index (χ2v) is 5.69. The first-order valence-corrected chi connectivity index (χ1v) is 7.81. The molecule has 0 saturated heterocycles. The van der Waals surface area contributed by atoms with Crippen LogP contribution in [0.4, 0.5) is 0 Å². The number of carbonyl (C=O) groups excluding carboxylic acids is 1. The molecule has 4 heteroatoms. The van der Waals surface area contributed by atoms with Crippen LogP contribution in [-0.4, -0.2) is 15.4 Å². The van der Waals surface area contributed by atoms with Crippen LogP contribution in [0.25, 0.3) is 5.65 Å². The zero-order valence-electron chi connectivity index (χ0n) is 13.6. The molecule has 1 unspecified atom stereocenters. The second kappa shape index (κ2) is 6.24. The summed E-state index contributed by atoms with van der Waals surface area (Å²) in [5, 5.41) is 0. The molecule has 0 aliphatic rings. The summed E-state index contributed by atoms with van der Waals surface area (Å²) in [4.78, 5) is 17.1. The highest BCUT2D eigenvalue weighted by molar-refractivity contribution is 5.90. The zero-order chi connectivity index (χ0) is 16.4. The highest BCUT2D eigenvalue weighted by atomic mass is 16.5. The molecular weight excluding hydrogens is 288 g/mol. The molecule has 0 amide bonds. The van der Waals surface area contributed by atoms with Crippen LogP contribution in [0.5, 0.6) is 0 Å². The summed E-state index contributed by atoms with van der Waals surface area (Å²) in [6.07, 6.45) is 2.34. The van der Waals surface area contributed by atoms with Crippen molar-refractivity contribution in [3.8, 4) is 0 Å². The number of imidazole rings is 1. The van der Waals surface area contributed by atoms with Gasteiger partial charge in [-0.15, -0.1) is 0 Å². The van der Waals surface area contributed by atoms with Crippen LogP contribution in [0.2, 0.25) is 0 Å². The standard InChI is InChI=1S/C19H20N2O2/c1-4-16(15-8-6-5-7-9-15)23-19(22)18-14(3)20-17-12-13(2)10-11-21(17)18/h5-12,16H,4H2,1-3H3. The quantitative estimate of drug-likeness (QED) is 0.676. The third-order valence-electron chi connectivity index (χ3n) is 3.94. The van der Waals surface area contributed by atoms with Crippen molar-refractivity contribution in [3.63, 3.8) is 0 Å². The van der Waals surface area contributed by atoms with Crippen LogP contribution in [-0.2, 0) is 4.74 Å². The van der Waals surface area contributed by atoms with Crippen LogP contribution in [0.1, 0.15) is 46.8 Å². The topological polar surface area (TPSA) is 43.6 Å². The number of pyridine rings is 1. The molecular formula is C19H20N2O2. The van der Waals surface area contributed by atoms with E-state index in [1.807, 2.05) is 69.4 Å². The van der Waals surface area contributed by atoms with Crippen molar-refractivity contribution in [2.45, 2.75) is 33.3 Å². The molecule has 0 spiro atoms. The Kier molecular flexibility index (Phi) is 4.15. The number of hydrogen-bond acceptors (Lipinski definition) is 3. The summed E-state index contributed by atoms with van der Waals surface area (Å²) in [7, 11) is 0. The summed E-state index contributed by atoms with van der Waals surface area (Å²) in [5.74, 6) is -0.338. The van der Waals surface area contributed by atoms with Crippen LogP contribution >= 0.6 is 0 Å². The molecule has 1 aromatic carbocycles. The van der Waals surface area contributed by atoms with Gasteiger partial charge in [0.05, 0.1) is 5.69 Å². The lowest BCUT2D eigenvalue weighted by Crippen LogP contribution is -2.14. The molecule has 4 nitrogen and oxygen atoms in total. The normalized spacial score (nSPS) is 12.3. The molecule has 0 bridgehead atoms. The average molecular weight is 308 g/mol. The van der Waals surface area contributed by atoms with Gasteiger partial charge in [-0.25, -0.2) is 9.78 Å². The minimum absolute atomic E-state index is 0.251. The van der Waals surface area contributed by atoms with Crippen molar-refractivity contribution in [2.75, 3.05) is 0 Å².